The maximum Gasteiger partial charge on any atom is 0.194 e. The molecule has 112 valence electrons. The van der Waals surface area contributed by atoms with Gasteiger partial charge in [0, 0.05) is 29.9 Å². The van der Waals surface area contributed by atoms with E-state index in [1.165, 1.54) is 0 Å². The van der Waals surface area contributed by atoms with Crippen LogP contribution in [0.15, 0.2) is 23.1 Å². The van der Waals surface area contributed by atoms with Crippen LogP contribution >= 0.6 is 11.6 Å². The normalized spacial score (nSPS) is 14.3. The molecule has 2 aromatic heterocycles. The van der Waals surface area contributed by atoms with Gasteiger partial charge in [0.1, 0.15) is 5.65 Å². The Balaban J connectivity index is 2.07. The molecular weight excluding hydrogens is 288 g/mol. The topological polar surface area (TPSA) is 44.1 Å². The Hall–Kier alpha value is -1.39. The van der Waals surface area contributed by atoms with E-state index >= 15 is 0 Å². The molecule has 1 aliphatic rings. The second-order valence-corrected chi connectivity index (χ2v) is 5.67. The van der Waals surface area contributed by atoms with Crippen LogP contribution in [-0.2, 0) is 24.1 Å². The monoisotopic (exact) mass is 306 g/mol. The standard InChI is InChI=1S/C16H19ClN2O2/c17-7-10-21-11-9-19-14-6-2-1-4-12(14)15(20)13-5-3-8-18-16(13)19/h3,5,8H,1-2,4,6-7,9-11H2. The summed E-state index contributed by atoms with van der Waals surface area (Å²) in [5, 5.41) is 0.718. The Morgan fingerprint density at radius 3 is 3.00 bits per heavy atom. The van der Waals surface area contributed by atoms with Gasteiger partial charge in [-0.05, 0) is 37.8 Å². The minimum atomic E-state index is 0.158. The molecule has 0 saturated carbocycles. The predicted octanol–water partition coefficient (Wildman–Crippen LogP) is 2.53. The van der Waals surface area contributed by atoms with Gasteiger partial charge in [0.2, 0.25) is 0 Å². The van der Waals surface area contributed by atoms with Crippen molar-refractivity contribution in [3.05, 3.63) is 39.8 Å². The van der Waals surface area contributed by atoms with E-state index in [2.05, 4.69) is 9.55 Å². The van der Waals surface area contributed by atoms with E-state index in [-0.39, 0.29) is 5.43 Å². The predicted molar refractivity (Wildman–Crippen MR) is 84.2 cm³/mol. The Labute approximate surface area is 128 Å². The van der Waals surface area contributed by atoms with Crippen LogP contribution in [0.5, 0.6) is 0 Å². The van der Waals surface area contributed by atoms with Gasteiger partial charge < -0.3 is 9.30 Å². The van der Waals surface area contributed by atoms with Crippen molar-refractivity contribution in [2.75, 3.05) is 19.1 Å². The summed E-state index contributed by atoms with van der Waals surface area (Å²) in [4.78, 5) is 17.0. The fourth-order valence-electron chi connectivity index (χ4n) is 3.06. The van der Waals surface area contributed by atoms with Gasteiger partial charge in [0.05, 0.1) is 18.6 Å². The van der Waals surface area contributed by atoms with Crippen molar-refractivity contribution in [2.24, 2.45) is 0 Å². The number of hydrogen-bond acceptors (Lipinski definition) is 3. The van der Waals surface area contributed by atoms with Gasteiger partial charge in [0.25, 0.3) is 0 Å². The lowest BCUT2D eigenvalue weighted by atomic mass is 9.94. The number of rotatable bonds is 5. The largest absolute Gasteiger partial charge is 0.378 e. The van der Waals surface area contributed by atoms with Gasteiger partial charge in [-0.25, -0.2) is 4.98 Å². The number of halogens is 1. The molecular formula is C16H19ClN2O2. The molecule has 1 aliphatic carbocycles. The molecule has 0 saturated heterocycles. The van der Waals surface area contributed by atoms with Crippen LogP contribution in [0.4, 0.5) is 0 Å². The van der Waals surface area contributed by atoms with E-state index in [1.807, 2.05) is 12.1 Å². The third-order valence-electron chi connectivity index (χ3n) is 4.01. The van der Waals surface area contributed by atoms with Gasteiger partial charge in [-0.3, -0.25) is 4.79 Å². The average molecular weight is 307 g/mol. The van der Waals surface area contributed by atoms with Crippen LogP contribution in [0.1, 0.15) is 24.1 Å². The molecule has 4 nitrogen and oxygen atoms in total. The fourth-order valence-corrected chi connectivity index (χ4v) is 3.17. The molecule has 0 atom stereocenters. The molecule has 0 unspecified atom stereocenters. The molecule has 0 bridgehead atoms. The quantitative estimate of drug-likeness (QED) is 0.630. The Kier molecular flexibility index (Phi) is 4.56. The number of alkyl halides is 1. The Morgan fingerprint density at radius 1 is 1.29 bits per heavy atom. The molecule has 0 N–H and O–H groups in total. The van der Waals surface area contributed by atoms with E-state index in [0.717, 1.165) is 48.0 Å². The fraction of sp³-hybridized carbons (Fsp3) is 0.500. The van der Waals surface area contributed by atoms with E-state index in [9.17, 15) is 4.79 Å². The molecule has 21 heavy (non-hydrogen) atoms. The summed E-state index contributed by atoms with van der Waals surface area (Å²) in [5.74, 6) is 0.501. The maximum absolute atomic E-state index is 12.6. The first-order valence-electron chi connectivity index (χ1n) is 7.46. The van der Waals surface area contributed by atoms with E-state index in [1.54, 1.807) is 6.20 Å². The minimum absolute atomic E-state index is 0.158. The Morgan fingerprint density at radius 2 is 2.14 bits per heavy atom. The van der Waals surface area contributed by atoms with Crippen molar-refractivity contribution in [3.8, 4) is 0 Å². The molecule has 2 aromatic rings. The smallest absolute Gasteiger partial charge is 0.194 e. The number of aromatic nitrogens is 2. The van der Waals surface area contributed by atoms with Gasteiger partial charge in [-0.15, -0.1) is 11.6 Å². The number of hydrogen-bond donors (Lipinski definition) is 0. The highest BCUT2D eigenvalue weighted by Crippen LogP contribution is 2.22. The lowest BCUT2D eigenvalue weighted by Gasteiger charge is -2.22. The van der Waals surface area contributed by atoms with Crippen molar-refractivity contribution in [1.29, 1.82) is 0 Å². The average Bonchev–Trinajstić information content (AvgIpc) is 2.54. The summed E-state index contributed by atoms with van der Waals surface area (Å²) in [6.07, 6.45) is 5.80. The summed E-state index contributed by atoms with van der Waals surface area (Å²) < 4.78 is 7.66. The number of fused-ring (bicyclic) bond motifs is 2. The summed E-state index contributed by atoms with van der Waals surface area (Å²) in [7, 11) is 0. The molecule has 0 radical (unpaired) electrons. The van der Waals surface area contributed by atoms with E-state index < -0.39 is 0 Å². The van der Waals surface area contributed by atoms with Gasteiger partial charge in [0.15, 0.2) is 5.43 Å². The third-order valence-corrected chi connectivity index (χ3v) is 4.16. The lowest BCUT2D eigenvalue weighted by molar-refractivity contribution is 0.140. The summed E-state index contributed by atoms with van der Waals surface area (Å²) in [6.45, 7) is 1.86. The van der Waals surface area contributed by atoms with Crippen LogP contribution < -0.4 is 5.43 Å². The number of pyridine rings is 2. The molecule has 0 spiro atoms. The third kappa shape index (κ3) is 2.83. The highest BCUT2D eigenvalue weighted by atomic mass is 35.5. The molecule has 5 heteroatoms. The summed E-state index contributed by atoms with van der Waals surface area (Å²) in [6, 6.07) is 3.70. The molecule has 0 aromatic carbocycles. The second-order valence-electron chi connectivity index (χ2n) is 5.29. The molecule has 3 rings (SSSR count). The van der Waals surface area contributed by atoms with Crippen molar-refractivity contribution in [1.82, 2.24) is 9.55 Å². The Bertz CT molecular complexity index is 696. The van der Waals surface area contributed by atoms with Crippen molar-refractivity contribution < 1.29 is 4.74 Å². The van der Waals surface area contributed by atoms with E-state index in [0.29, 0.717) is 25.6 Å². The minimum Gasteiger partial charge on any atom is -0.378 e. The highest BCUT2D eigenvalue weighted by molar-refractivity contribution is 6.17. The second kappa shape index (κ2) is 6.58. The molecule has 0 aliphatic heterocycles. The number of ether oxygens (including phenoxy) is 1. The first kappa shape index (κ1) is 14.5. The van der Waals surface area contributed by atoms with Crippen LogP contribution in [0.3, 0.4) is 0 Å². The van der Waals surface area contributed by atoms with Crippen LogP contribution in [0.25, 0.3) is 11.0 Å². The maximum atomic E-state index is 12.6. The SMILES string of the molecule is O=c1c2c(n(CCOCCCl)c3ncccc13)CCCC2. The van der Waals surface area contributed by atoms with Crippen LogP contribution in [0.2, 0.25) is 0 Å². The zero-order valence-electron chi connectivity index (χ0n) is 12.0. The van der Waals surface area contributed by atoms with Crippen LogP contribution in [-0.4, -0.2) is 28.6 Å². The van der Waals surface area contributed by atoms with Crippen molar-refractivity contribution >= 4 is 22.6 Å². The van der Waals surface area contributed by atoms with Gasteiger partial charge in [-0.2, -0.15) is 0 Å². The van der Waals surface area contributed by atoms with Crippen molar-refractivity contribution in [2.45, 2.75) is 32.2 Å². The summed E-state index contributed by atoms with van der Waals surface area (Å²) >= 11 is 5.63. The lowest BCUT2D eigenvalue weighted by Crippen LogP contribution is -2.25. The first-order chi connectivity index (χ1) is 10.3. The molecule has 0 amide bonds. The summed E-state index contributed by atoms with van der Waals surface area (Å²) in [5.41, 5.74) is 3.05. The van der Waals surface area contributed by atoms with Gasteiger partial charge >= 0.3 is 0 Å². The van der Waals surface area contributed by atoms with Crippen molar-refractivity contribution in [3.63, 3.8) is 0 Å². The number of nitrogens with zero attached hydrogens (tertiary/aromatic N) is 2. The molecule has 2 heterocycles. The zero-order valence-corrected chi connectivity index (χ0v) is 12.7. The highest BCUT2D eigenvalue weighted by Gasteiger charge is 2.19. The van der Waals surface area contributed by atoms with Crippen LogP contribution in [0, 0.1) is 0 Å². The molecule has 0 fully saturated rings. The zero-order chi connectivity index (χ0) is 14.7. The first-order valence-corrected chi connectivity index (χ1v) is 7.99. The van der Waals surface area contributed by atoms with E-state index in [4.69, 9.17) is 16.3 Å². The van der Waals surface area contributed by atoms with Gasteiger partial charge in [-0.1, -0.05) is 0 Å².